The van der Waals surface area contributed by atoms with Crippen molar-refractivity contribution >= 4 is 28.1 Å². The van der Waals surface area contributed by atoms with Crippen LogP contribution in [0.1, 0.15) is 57.1 Å². The van der Waals surface area contributed by atoms with Gasteiger partial charge in [0, 0.05) is 29.5 Å². The lowest BCUT2D eigenvalue weighted by Gasteiger charge is -2.27. The average molecular weight is 396 g/mol. The molecule has 1 N–H and O–H groups in total. The lowest BCUT2D eigenvalue weighted by atomic mass is 10.0. The predicted octanol–water partition coefficient (Wildman–Crippen LogP) is 7.52. The van der Waals surface area contributed by atoms with Crippen molar-refractivity contribution in [2.75, 3.05) is 11.4 Å². The fourth-order valence-corrected chi connectivity index (χ4v) is 3.80. The van der Waals surface area contributed by atoms with Gasteiger partial charge < -0.3 is 10.0 Å². The summed E-state index contributed by atoms with van der Waals surface area (Å²) in [5.74, 6) is 0.705. The van der Waals surface area contributed by atoms with E-state index in [1.165, 1.54) is 24.0 Å². The lowest BCUT2D eigenvalue weighted by molar-refractivity contribution is 0.482. The molecular formula is C25H30ClNO. The van der Waals surface area contributed by atoms with Crippen molar-refractivity contribution in [1.29, 1.82) is 0 Å². The zero-order chi connectivity index (χ0) is 20.1. The molecular weight excluding hydrogens is 366 g/mol. The van der Waals surface area contributed by atoms with Crippen molar-refractivity contribution < 1.29 is 5.11 Å². The van der Waals surface area contributed by atoms with Gasteiger partial charge >= 0.3 is 0 Å². The molecule has 0 saturated heterocycles. The Kier molecular flexibility index (Phi) is 6.85. The Morgan fingerprint density at radius 1 is 0.929 bits per heavy atom. The molecule has 0 aliphatic heterocycles. The van der Waals surface area contributed by atoms with Crippen LogP contribution in [0.15, 0.2) is 54.6 Å². The van der Waals surface area contributed by atoms with Gasteiger partial charge in [0.05, 0.1) is 5.02 Å². The molecule has 0 heterocycles. The van der Waals surface area contributed by atoms with Gasteiger partial charge in [0.1, 0.15) is 5.75 Å². The van der Waals surface area contributed by atoms with Crippen LogP contribution in [0.2, 0.25) is 5.02 Å². The van der Waals surface area contributed by atoms with E-state index in [4.69, 9.17) is 11.6 Å². The van der Waals surface area contributed by atoms with Gasteiger partial charge in [0.25, 0.3) is 0 Å². The number of hydrogen-bond donors (Lipinski definition) is 1. The molecule has 0 bridgehead atoms. The standard InChI is InChI=1S/C25H30ClNO/c1-4-5-6-16-27(17-19-10-12-20(13-11-19)18(2)3)24-9-7-8-22-21(24)14-15-23(26)25(22)28/h7-15,18,28H,4-6,16-17H2,1-3H3. The van der Waals surface area contributed by atoms with Gasteiger partial charge in [0.2, 0.25) is 0 Å². The van der Waals surface area contributed by atoms with Crippen LogP contribution < -0.4 is 4.90 Å². The zero-order valence-corrected chi connectivity index (χ0v) is 17.8. The van der Waals surface area contributed by atoms with E-state index >= 15 is 0 Å². The van der Waals surface area contributed by atoms with Gasteiger partial charge in [-0.25, -0.2) is 0 Å². The summed E-state index contributed by atoms with van der Waals surface area (Å²) >= 11 is 6.13. The topological polar surface area (TPSA) is 23.5 Å². The Morgan fingerprint density at radius 2 is 1.68 bits per heavy atom. The fourth-order valence-electron chi connectivity index (χ4n) is 3.64. The molecule has 0 atom stereocenters. The zero-order valence-electron chi connectivity index (χ0n) is 17.1. The molecule has 3 rings (SSSR count). The third-order valence-corrected chi connectivity index (χ3v) is 5.66. The number of unbranched alkanes of at least 4 members (excludes halogenated alkanes) is 2. The average Bonchev–Trinajstić information content (AvgIpc) is 2.70. The van der Waals surface area contributed by atoms with Gasteiger partial charge in [-0.3, -0.25) is 0 Å². The van der Waals surface area contributed by atoms with Crippen molar-refractivity contribution in [2.45, 2.75) is 52.5 Å². The summed E-state index contributed by atoms with van der Waals surface area (Å²) in [4.78, 5) is 2.43. The third kappa shape index (κ3) is 4.62. The van der Waals surface area contributed by atoms with Crippen LogP contribution >= 0.6 is 11.6 Å². The summed E-state index contributed by atoms with van der Waals surface area (Å²) in [6.45, 7) is 8.51. The summed E-state index contributed by atoms with van der Waals surface area (Å²) < 4.78 is 0. The van der Waals surface area contributed by atoms with Gasteiger partial charge in [-0.15, -0.1) is 0 Å². The molecule has 0 radical (unpaired) electrons. The first-order valence-electron chi connectivity index (χ1n) is 10.2. The number of hydrogen-bond acceptors (Lipinski definition) is 2. The van der Waals surface area contributed by atoms with Crippen molar-refractivity contribution in [1.82, 2.24) is 0 Å². The monoisotopic (exact) mass is 395 g/mol. The van der Waals surface area contributed by atoms with E-state index in [0.717, 1.165) is 36.0 Å². The maximum absolute atomic E-state index is 10.4. The lowest BCUT2D eigenvalue weighted by Crippen LogP contribution is -2.24. The molecule has 0 saturated carbocycles. The first-order valence-corrected chi connectivity index (χ1v) is 10.6. The molecule has 0 amide bonds. The van der Waals surface area contributed by atoms with E-state index < -0.39 is 0 Å². The number of anilines is 1. The number of halogens is 1. The first kappa shape index (κ1) is 20.5. The van der Waals surface area contributed by atoms with Crippen LogP contribution in [0.4, 0.5) is 5.69 Å². The maximum atomic E-state index is 10.4. The van der Waals surface area contributed by atoms with Crippen molar-refractivity contribution in [3.05, 3.63) is 70.7 Å². The SMILES string of the molecule is CCCCCN(Cc1ccc(C(C)C)cc1)c1cccc2c(O)c(Cl)ccc12. The Balaban J connectivity index is 1.96. The van der Waals surface area contributed by atoms with E-state index in [1.807, 2.05) is 18.2 Å². The molecule has 0 aliphatic rings. The van der Waals surface area contributed by atoms with Crippen molar-refractivity contribution in [3.8, 4) is 5.75 Å². The van der Waals surface area contributed by atoms with E-state index in [-0.39, 0.29) is 5.75 Å². The number of benzene rings is 3. The Bertz CT molecular complexity index is 918. The van der Waals surface area contributed by atoms with E-state index in [2.05, 4.69) is 56.0 Å². The van der Waals surface area contributed by atoms with Crippen molar-refractivity contribution in [3.63, 3.8) is 0 Å². The highest BCUT2D eigenvalue weighted by molar-refractivity contribution is 6.33. The number of rotatable bonds is 8. The van der Waals surface area contributed by atoms with Gasteiger partial charge in [0.15, 0.2) is 0 Å². The number of aromatic hydroxyl groups is 1. The highest BCUT2D eigenvalue weighted by atomic mass is 35.5. The van der Waals surface area contributed by atoms with Gasteiger partial charge in [-0.05, 0) is 35.6 Å². The minimum Gasteiger partial charge on any atom is -0.506 e. The highest BCUT2D eigenvalue weighted by Crippen LogP contribution is 2.37. The van der Waals surface area contributed by atoms with Crippen LogP contribution in [0, 0.1) is 0 Å². The van der Waals surface area contributed by atoms with Crippen LogP contribution in [-0.4, -0.2) is 11.7 Å². The van der Waals surface area contributed by atoms with Crippen LogP contribution in [-0.2, 0) is 6.54 Å². The minimum absolute atomic E-state index is 0.163. The van der Waals surface area contributed by atoms with E-state index in [1.54, 1.807) is 6.07 Å². The second-order valence-electron chi connectivity index (χ2n) is 7.79. The number of fused-ring (bicyclic) bond motifs is 1. The summed E-state index contributed by atoms with van der Waals surface area (Å²) in [6.07, 6.45) is 3.56. The molecule has 3 aromatic rings. The Morgan fingerprint density at radius 3 is 2.36 bits per heavy atom. The molecule has 0 fully saturated rings. The number of phenols is 1. The predicted molar refractivity (Wildman–Crippen MR) is 122 cm³/mol. The molecule has 0 aliphatic carbocycles. The number of phenolic OH excluding ortho intramolecular Hbond substituents is 1. The second-order valence-corrected chi connectivity index (χ2v) is 8.20. The van der Waals surface area contributed by atoms with Gasteiger partial charge in [-0.2, -0.15) is 0 Å². The molecule has 0 spiro atoms. The fraction of sp³-hybridized carbons (Fsp3) is 0.360. The first-order chi connectivity index (χ1) is 13.5. The molecule has 148 valence electrons. The quantitative estimate of drug-likeness (QED) is 0.398. The summed E-state index contributed by atoms with van der Waals surface area (Å²) in [5, 5.41) is 12.6. The van der Waals surface area contributed by atoms with Crippen molar-refractivity contribution in [2.24, 2.45) is 0 Å². The normalized spacial score (nSPS) is 11.3. The summed E-state index contributed by atoms with van der Waals surface area (Å²) in [7, 11) is 0. The third-order valence-electron chi connectivity index (χ3n) is 5.35. The molecule has 0 aromatic heterocycles. The van der Waals surface area contributed by atoms with Gasteiger partial charge in [-0.1, -0.05) is 87.7 Å². The Labute approximate surface area is 173 Å². The molecule has 3 heteroatoms. The molecule has 28 heavy (non-hydrogen) atoms. The summed E-state index contributed by atoms with van der Waals surface area (Å²) in [6, 6.07) is 18.8. The number of nitrogens with zero attached hydrogens (tertiary/aromatic N) is 1. The Hall–Kier alpha value is -2.19. The van der Waals surface area contributed by atoms with E-state index in [0.29, 0.717) is 10.9 Å². The van der Waals surface area contributed by atoms with E-state index in [9.17, 15) is 5.11 Å². The summed E-state index contributed by atoms with van der Waals surface area (Å²) in [5.41, 5.74) is 3.82. The van der Waals surface area contributed by atoms with Crippen LogP contribution in [0.25, 0.3) is 10.8 Å². The van der Waals surface area contributed by atoms with Crippen LogP contribution in [0.5, 0.6) is 5.75 Å². The second kappa shape index (κ2) is 9.34. The minimum atomic E-state index is 0.163. The maximum Gasteiger partial charge on any atom is 0.142 e. The van der Waals surface area contributed by atoms with Crippen LogP contribution in [0.3, 0.4) is 0 Å². The molecule has 2 nitrogen and oxygen atoms in total. The largest absolute Gasteiger partial charge is 0.506 e. The smallest absolute Gasteiger partial charge is 0.142 e. The highest BCUT2D eigenvalue weighted by Gasteiger charge is 2.14. The molecule has 0 unspecified atom stereocenters. The molecule has 3 aromatic carbocycles.